The fourth-order valence-corrected chi connectivity index (χ4v) is 3.09. The van der Waals surface area contributed by atoms with Crippen LogP contribution < -0.4 is 0 Å². The number of hydrogen-bond acceptors (Lipinski definition) is 0. The molecule has 1 aliphatic carbocycles. The third-order valence-corrected chi connectivity index (χ3v) is 4.13. The zero-order valence-corrected chi connectivity index (χ0v) is 8.59. The SMILES string of the molecule is C=CCC1=C([SiH](C)C)CC=C1. The minimum absolute atomic E-state index is 0.543. The van der Waals surface area contributed by atoms with Crippen LogP contribution in [-0.2, 0) is 0 Å². The van der Waals surface area contributed by atoms with E-state index < -0.39 is 8.80 Å². The molecule has 0 amide bonds. The van der Waals surface area contributed by atoms with E-state index in [9.17, 15) is 0 Å². The van der Waals surface area contributed by atoms with Crippen molar-refractivity contribution in [2.45, 2.75) is 25.9 Å². The zero-order chi connectivity index (χ0) is 8.27. The first kappa shape index (κ1) is 8.53. The highest BCUT2D eigenvalue weighted by Crippen LogP contribution is 2.23. The fraction of sp³-hybridized carbons (Fsp3) is 0.400. The van der Waals surface area contributed by atoms with E-state index in [1.54, 1.807) is 10.8 Å². The maximum atomic E-state index is 3.77. The van der Waals surface area contributed by atoms with E-state index in [2.05, 4.69) is 31.8 Å². The van der Waals surface area contributed by atoms with Gasteiger partial charge in [-0.3, -0.25) is 0 Å². The normalized spacial score (nSPS) is 16.6. The summed E-state index contributed by atoms with van der Waals surface area (Å²) in [7, 11) is -0.543. The highest BCUT2D eigenvalue weighted by Gasteiger charge is 2.11. The van der Waals surface area contributed by atoms with Gasteiger partial charge in [0, 0.05) is 0 Å². The molecule has 0 radical (unpaired) electrons. The van der Waals surface area contributed by atoms with Gasteiger partial charge in [-0.1, -0.05) is 36.5 Å². The van der Waals surface area contributed by atoms with Gasteiger partial charge >= 0.3 is 0 Å². The molecule has 0 saturated carbocycles. The summed E-state index contributed by atoms with van der Waals surface area (Å²) in [6, 6.07) is 0. The molecule has 0 atom stereocenters. The lowest BCUT2D eigenvalue weighted by atomic mass is 10.2. The van der Waals surface area contributed by atoms with Crippen LogP contribution in [0.1, 0.15) is 12.8 Å². The zero-order valence-electron chi connectivity index (χ0n) is 7.43. The topological polar surface area (TPSA) is 0 Å². The average Bonchev–Trinajstić information content (AvgIpc) is 2.36. The van der Waals surface area contributed by atoms with Crippen molar-refractivity contribution in [1.29, 1.82) is 0 Å². The fourth-order valence-electron chi connectivity index (χ4n) is 1.53. The van der Waals surface area contributed by atoms with E-state index in [1.165, 1.54) is 6.42 Å². The predicted molar refractivity (Wildman–Crippen MR) is 54.5 cm³/mol. The maximum absolute atomic E-state index is 3.77. The van der Waals surface area contributed by atoms with Crippen molar-refractivity contribution < 1.29 is 0 Å². The first-order valence-corrected chi connectivity index (χ1v) is 7.13. The summed E-state index contributed by atoms with van der Waals surface area (Å²) < 4.78 is 0. The Kier molecular flexibility index (Phi) is 2.89. The predicted octanol–water partition coefficient (Wildman–Crippen LogP) is 2.84. The second-order valence-electron chi connectivity index (χ2n) is 3.30. The number of allylic oxidation sites excluding steroid dienone is 5. The molecule has 1 heteroatoms. The summed E-state index contributed by atoms with van der Waals surface area (Å²) in [5.74, 6) is 0. The van der Waals surface area contributed by atoms with Crippen molar-refractivity contribution in [2.24, 2.45) is 0 Å². The van der Waals surface area contributed by atoms with Gasteiger partial charge in [-0.15, -0.1) is 6.58 Å². The van der Waals surface area contributed by atoms with Crippen molar-refractivity contribution in [1.82, 2.24) is 0 Å². The van der Waals surface area contributed by atoms with E-state index in [4.69, 9.17) is 0 Å². The lowest BCUT2D eigenvalue weighted by Gasteiger charge is -2.07. The van der Waals surface area contributed by atoms with E-state index in [0.29, 0.717) is 0 Å². The van der Waals surface area contributed by atoms with E-state index in [1.807, 2.05) is 6.08 Å². The number of rotatable bonds is 3. The molecule has 0 aliphatic heterocycles. The van der Waals surface area contributed by atoms with Crippen LogP contribution in [0, 0.1) is 0 Å². The van der Waals surface area contributed by atoms with Crippen molar-refractivity contribution in [3.05, 3.63) is 35.6 Å². The van der Waals surface area contributed by atoms with Crippen molar-refractivity contribution in [2.75, 3.05) is 0 Å². The average molecular weight is 164 g/mol. The molecule has 0 aromatic carbocycles. The van der Waals surface area contributed by atoms with Gasteiger partial charge in [0.2, 0.25) is 0 Å². The van der Waals surface area contributed by atoms with Crippen LogP contribution in [0.2, 0.25) is 13.1 Å². The molecule has 0 fully saturated rings. The molecule has 0 aromatic heterocycles. The Balaban J connectivity index is 2.74. The second-order valence-corrected chi connectivity index (χ2v) is 6.31. The van der Waals surface area contributed by atoms with E-state index in [0.717, 1.165) is 6.42 Å². The van der Waals surface area contributed by atoms with Gasteiger partial charge in [0.25, 0.3) is 0 Å². The van der Waals surface area contributed by atoms with Crippen LogP contribution in [0.15, 0.2) is 35.6 Å². The lowest BCUT2D eigenvalue weighted by Crippen LogP contribution is -2.05. The van der Waals surface area contributed by atoms with Gasteiger partial charge < -0.3 is 0 Å². The van der Waals surface area contributed by atoms with E-state index in [-0.39, 0.29) is 0 Å². The molecular formula is C10H16Si. The standard InChI is InChI=1S/C10H16Si/c1-4-6-9-7-5-8-10(9)11(2)3/h4-5,7,11H,1,6,8H2,2-3H3. The van der Waals surface area contributed by atoms with Gasteiger partial charge in [-0.25, -0.2) is 0 Å². The Hall–Kier alpha value is -0.563. The molecule has 60 valence electrons. The molecule has 0 aromatic rings. The third kappa shape index (κ3) is 1.93. The van der Waals surface area contributed by atoms with Gasteiger partial charge in [-0.2, -0.15) is 0 Å². The van der Waals surface area contributed by atoms with Crippen molar-refractivity contribution in [3.63, 3.8) is 0 Å². The molecule has 0 saturated heterocycles. The Morgan fingerprint density at radius 1 is 1.64 bits per heavy atom. The number of hydrogen-bond donors (Lipinski definition) is 0. The maximum Gasteiger partial charge on any atom is 0.0603 e. The van der Waals surface area contributed by atoms with Crippen LogP contribution in [0.3, 0.4) is 0 Å². The summed E-state index contributed by atoms with van der Waals surface area (Å²) in [6.45, 7) is 8.55. The highest BCUT2D eigenvalue weighted by atomic mass is 28.3. The quantitative estimate of drug-likeness (QED) is 0.444. The van der Waals surface area contributed by atoms with Crippen LogP contribution in [0.25, 0.3) is 0 Å². The first-order chi connectivity index (χ1) is 5.25. The minimum atomic E-state index is -0.543. The summed E-state index contributed by atoms with van der Waals surface area (Å²) in [5, 5.41) is 1.73. The van der Waals surface area contributed by atoms with Gasteiger partial charge in [0.15, 0.2) is 0 Å². The molecule has 1 rings (SSSR count). The Labute approximate surface area is 70.9 Å². The largest absolute Gasteiger partial charge is 0.103 e. The molecule has 0 bridgehead atoms. The molecule has 11 heavy (non-hydrogen) atoms. The molecular weight excluding hydrogens is 148 g/mol. The smallest absolute Gasteiger partial charge is 0.0603 e. The van der Waals surface area contributed by atoms with E-state index >= 15 is 0 Å². The minimum Gasteiger partial charge on any atom is -0.103 e. The van der Waals surface area contributed by atoms with Gasteiger partial charge in [-0.05, 0) is 18.4 Å². The molecule has 0 spiro atoms. The lowest BCUT2D eigenvalue weighted by molar-refractivity contribution is 1.26. The summed E-state index contributed by atoms with van der Waals surface area (Å²) >= 11 is 0. The summed E-state index contributed by atoms with van der Waals surface area (Å²) in [4.78, 5) is 0. The molecule has 1 aliphatic rings. The molecule has 0 nitrogen and oxygen atoms in total. The van der Waals surface area contributed by atoms with Crippen LogP contribution >= 0.6 is 0 Å². The summed E-state index contributed by atoms with van der Waals surface area (Å²) in [5.41, 5.74) is 1.54. The van der Waals surface area contributed by atoms with Crippen LogP contribution in [0.5, 0.6) is 0 Å². The van der Waals surface area contributed by atoms with Crippen molar-refractivity contribution >= 4 is 8.80 Å². The van der Waals surface area contributed by atoms with Gasteiger partial charge in [0.1, 0.15) is 0 Å². The molecule has 0 heterocycles. The third-order valence-electron chi connectivity index (χ3n) is 2.13. The second kappa shape index (κ2) is 3.72. The first-order valence-electron chi connectivity index (χ1n) is 4.25. The highest BCUT2D eigenvalue weighted by molar-refractivity contribution is 6.64. The van der Waals surface area contributed by atoms with Crippen LogP contribution in [-0.4, -0.2) is 8.80 Å². The Bertz CT molecular complexity index is 209. The summed E-state index contributed by atoms with van der Waals surface area (Å²) in [6.07, 6.45) is 8.83. The van der Waals surface area contributed by atoms with Gasteiger partial charge in [0.05, 0.1) is 8.80 Å². The monoisotopic (exact) mass is 164 g/mol. The molecule has 0 unspecified atom stereocenters. The van der Waals surface area contributed by atoms with Crippen LogP contribution in [0.4, 0.5) is 0 Å². The molecule has 0 N–H and O–H groups in total. The van der Waals surface area contributed by atoms with Crippen molar-refractivity contribution in [3.8, 4) is 0 Å². The Morgan fingerprint density at radius 3 is 2.91 bits per heavy atom. The Morgan fingerprint density at radius 2 is 2.36 bits per heavy atom.